The van der Waals surface area contributed by atoms with Crippen molar-refractivity contribution in [2.75, 3.05) is 6.61 Å². The summed E-state index contributed by atoms with van der Waals surface area (Å²) in [5.41, 5.74) is 2.13. The number of allylic oxidation sites excluding steroid dienone is 2. The van der Waals surface area contributed by atoms with Crippen LogP contribution in [0.5, 0.6) is 0 Å². The number of ether oxygens (including phenoxy) is 2. The minimum absolute atomic E-state index is 0.0361. The summed E-state index contributed by atoms with van der Waals surface area (Å²) in [5, 5.41) is 9.17. The van der Waals surface area contributed by atoms with Gasteiger partial charge in [-0.2, -0.15) is 0 Å². The van der Waals surface area contributed by atoms with Crippen LogP contribution in [0, 0.1) is 6.92 Å². The number of aryl methyl sites for hydroxylation is 1. The lowest BCUT2D eigenvalue weighted by atomic mass is 10.0. The molecule has 3 rings (SSSR count). The minimum atomic E-state index is -0.852. The molecule has 1 aliphatic rings. The molecule has 0 aliphatic carbocycles. The van der Waals surface area contributed by atoms with E-state index in [-0.39, 0.29) is 18.2 Å². The molecule has 0 fully saturated rings. The second kappa shape index (κ2) is 17.0. The van der Waals surface area contributed by atoms with Crippen LogP contribution in [0.1, 0.15) is 84.3 Å². The fourth-order valence-electron chi connectivity index (χ4n) is 2.95. The van der Waals surface area contributed by atoms with E-state index in [1.165, 1.54) is 19.9 Å². The number of benzene rings is 1. The van der Waals surface area contributed by atoms with Crippen LogP contribution in [0.2, 0.25) is 5.02 Å². The Labute approximate surface area is 208 Å². The molecular weight excluding hydrogens is 457 g/mol. The largest absolute Gasteiger partial charge is 0.466 e. The summed E-state index contributed by atoms with van der Waals surface area (Å²) in [7, 11) is 0. The summed E-state index contributed by atoms with van der Waals surface area (Å²) in [6, 6.07) is 5.89. The van der Waals surface area contributed by atoms with Crippen LogP contribution >= 0.6 is 11.6 Å². The molecule has 0 saturated heterocycles. The van der Waals surface area contributed by atoms with E-state index in [1.54, 1.807) is 6.92 Å². The zero-order valence-corrected chi connectivity index (χ0v) is 22.4. The Kier molecular flexibility index (Phi) is 15.7. The highest BCUT2D eigenvalue weighted by molar-refractivity contribution is 6.30. The lowest BCUT2D eigenvalue weighted by Gasteiger charge is -2.19. The molecule has 2 aromatic rings. The van der Waals surface area contributed by atoms with E-state index in [0.29, 0.717) is 11.6 Å². The van der Waals surface area contributed by atoms with Gasteiger partial charge in [0.2, 0.25) is 0 Å². The van der Waals surface area contributed by atoms with Gasteiger partial charge >= 0.3 is 5.97 Å². The van der Waals surface area contributed by atoms with Gasteiger partial charge in [0.05, 0.1) is 18.4 Å². The number of hydrogen-bond donors (Lipinski definition) is 0. The van der Waals surface area contributed by atoms with E-state index in [9.17, 15) is 9.18 Å². The summed E-state index contributed by atoms with van der Waals surface area (Å²) in [5.74, 6) is 1.48. The molecule has 0 bridgehead atoms. The molecule has 2 heterocycles. The zero-order chi connectivity index (χ0) is 26.3. The molecule has 3 unspecified atom stereocenters. The van der Waals surface area contributed by atoms with E-state index < -0.39 is 6.17 Å². The van der Waals surface area contributed by atoms with Crippen LogP contribution in [0.25, 0.3) is 5.69 Å². The molecule has 34 heavy (non-hydrogen) atoms. The van der Waals surface area contributed by atoms with E-state index in [0.717, 1.165) is 29.3 Å². The molecule has 0 N–H and O–H groups in total. The second-order valence-electron chi connectivity index (χ2n) is 7.05. The topological polar surface area (TPSA) is 66.2 Å². The summed E-state index contributed by atoms with van der Waals surface area (Å²) < 4.78 is 24.0. The van der Waals surface area contributed by atoms with Gasteiger partial charge in [-0.15, -0.1) is 16.8 Å². The minimum Gasteiger partial charge on any atom is -0.466 e. The third kappa shape index (κ3) is 10.2. The smallest absolute Gasteiger partial charge is 0.302 e. The van der Waals surface area contributed by atoms with E-state index in [2.05, 4.69) is 32.2 Å². The number of halogens is 2. The molecule has 6 nitrogen and oxygen atoms in total. The number of nitrogens with zero attached hydrogens (tertiary/aromatic N) is 3. The normalized spacial score (nSPS) is 16.6. The average Bonchev–Trinajstić information content (AvgIpc) is 3.14. The molecule has 1 aromatic heterocycles. The third-order valence-corrected chi connectivity index (χ3v) is 4.65. The van der Waals surface area contributed by atoms with Crippen molar-refractivity contribution in [1.82, 2.24) is 14.8 Å². The average molecular weight is 496 g/mol. The molecule has 1 aliphatic heterocycles. The molecule has 0 saturated carbocycles. The Balaban J connectivity index is 0.000000699. The fourth-order valence-corrected chi connectivity index (χ4v) is 3.13. The highest BCUT2D eigenvalue weighted by atomic mass is 35.5. The lowest BCUT2D eigenvalue weighted by molar-refractivity contribution is -0.140. The van der Waals surface area contributed by atoms with Crippen LogP contribution in [0.3, 0.4) is 0 Å². The first-order valence-corrected chi connectivity index (χ1v) is 11.9. The summed E-state index contributed by atoms with van der Waals surface area (Å²) in [6.07, 6.45) is 5.20. The van der Waals surface area contributed by atoms with Crippen molar-refractivity contribution in [3.8, 4) is 5.69 Å². The number of carbonyl (C=O) groups excluding carboxylic acids is 1. The van der Waals surface area contributed by atoms with Crippen LogP contribution in [0.4, 0.5) is 4.39 Å². The first-order valence-electron chi connectivity index (χ1n) is 11.5. The van der Waals surface area contributed by atoms with Gasteiger partial charge in [-0.1, -0.05) is 43.7 Å². The van der Waals surface area contributed by atoms with Gasteiger partial charge in [0.25, 0.3) is 0 Å². The Bertz CT molecular complexity index is 913. The van der Waals surface area contributed by atoms with Crippen LogP contribution in [-0.4, -0.2) is 33.5 Å². The van der Waals surface area contributed by atoms with Crippen molar-refractivity contribution in [1.29, 1.82) is 0 Å². The maximum Gasteiger partial charge on any atom is 0.302 e. The molecule has 8 heteroatoms. The number of fused-ring (bicyclic) bond motifs is 3. The number of alkyl halides is 1. The number of carbonyl (C=O) groups is 1. The van der Waals surface area contributed by atoms with Crippen molar-refractivity contribution in [3.63, 3.8) is 0 Å². The predicted molar refractivity (Wildman–Crippen MR) is 137 cm³/mol. The first-order chi connectivity index (χ1) is 16.2. The highest BCUT2D eigenvalue weighted by Crippen LogP contribution is 2.38. The molecule has 0 radical (unpaired) electrons. The Morgan fingerprint density at radius 3 is 2.47 bits per heavy atom. The molecule has 190 valence electrons. The molecular formula is C26H39ClFN3O3. The second-order valence-corrected chi connectivity index (χ2v) is 7.49. The molecule has 0 amide bonds. The predicted octanol–water partition coefficient (Wildman–Crippen LogP) is 7.45. The highest BCUT2D eigenvalue weighted by Gasteiger charge is 2.29. The number of rotatable bonds is 4. The number of hydrogen-bond acceptors (Lipinski definition) is 5. The van der Waals surface area contributed by atoms with Gasteiger partial charge in [0.1, 0.15) is 18.1 Å². The zero-order valence-electron chi connectivity index (χ0n) is 21.6. The van der Waals surface area contributed by atoms with E-state index in [1.807, 2.05) is 58.9 Å². The van der Waals surface area contributed by atoms with Crippen LogP contribution < -0.4 is 0 Å². The first kappa shape index (κ1) is 31.5. The summed E-state index contributed by atoms with van der Waals surface area (Å²) in [4.78, 5) is 9.82. The van der Waals surface area contributed by atoms with Crippen molar-refractivity contribution in [3.05, 3.63) is 65.2 Å². The summed E-state index contributed by atoms with van der Waals surface area (Å²) in [6.45, 7) is 18.3. The SMILES string of the molecule is C/C=C\CC1OC(C)c2nnc(C)n2-c2ccc(Cl)cc21.C=CC(C)F.CC.CCOC(C)=O. The van der Waals surface area contributed by atoms with Gasteiger partial charge in [-0.3, -0.25) is 9.36 Å². The monoisotopic (exact) mass is 495 g/mol. The standard InChI is InChI=1S/C16H18ClN3O.C4H7F.C4H8O2.C2H6/c1-4-5-6-15-13-9-12(17)7-8-14(13)20-11(3)18-19-16(20)10(2)21-15;1-3-4(2)5;1-3-6-4(2)5;1-2/h4-5,7-10,15H,6H2,1-3H3;3-4H,1H2,2H3;3H2,1-2H3;1-2H3/b5-4-;;;. The number of esters is 1. The Hall–Kier alpha value is -2.51. The number of aromatic nitrogens is 3. The van der Waals surface area contributed by atoms with E-state index >= 15 is 0 Å². The van der Waals surface area contributed by atoms with Gasteiger partial charge in [-0.05, 0) is 59.2 Å². The van der Waals surface area contributed by atoms with Gasteiger partial charge in [0, 0.05) is 17.5 Å². The fraction of sp³-hybridized carbons (Fsp3) is 0.500. The molecule has 0 spiro atoms. The van der Waals surface area contributed by atoms with Crippen molar-refractivity contribution in [2.45, 2.75) is 80.2 Å². The lowest BCUT2D eigenvalue weighted by Crippen LogP contribution is -2.06. The van der Waals surface area contributed by atoms with Crippen molar-refractivity contribution >= 4 is 17.6 Å². The molecule has 3 atom stereocenters. The van der Waals surface area contributed by atoms with Crippen LogP contribution in [-0.2, 0) is 14.3 Å². The van der Waals surface area contributed by atoms with Gasteiger partial charge in [-0.25, -0.2) is 4.39 Å². The third-order valence-electron chi connectivity index (χ3n) is 4.42. The summed E-state index contributed by atoms with van der Waals surface area (Å²) >= 11 is 6.19. The quantitative estimate of drug-likeness (QED) is 0.325. The Morgan fingerprint density at radius 1 is 1.38 bits per heavy atom. The van der Waals surface area contributed by atoms with Crippen LogP contribution in [0.15, 0.2) is 43.0 Å². The van der Waals surface area contributed by atoms with Gasteiger partial charge < -0.3 is 9.47 Å². The van der Waals surface area contributed by atoms with Crippen molar-refractivity contribution < 1.29 is 18.7 Å². The van der Waals surface area contributed by atoms with Crippen molar-refractivity contribution in [2.24, 2.45) is 0 Å². The van der Waals surface area contributed by atoms with Gasteiger partial charge in [0.15, 0.2) is 5.82 Å². The Morgan fingerprint density at radius 2 is 2.00 bits per heavy atom. The maximum absolute atomic E-state index is 11.3. The van der Waals surface area contributed by atoms with E-state index in [4.69, 9.17) is 16.3 Å². The maximum atomic E-state index is 11.3. The molecule has 1 aromatic carbocycles.